The fraction of sp³-hybridized carbons (Fsp3) is 0.480. The predicted molar refractivity (Wildman–Crippen MR) is 119 cm³/mol. The van der Waals surface area contributed by atoms with Gasteiger partial charge in [0.2, 0.25) is 0 Å². The third kappa shape index (κ3) is 5.41. The Bertz CT molecular complexity index is 830. The van der Waals surface area contributed by atoms with Gasteiger partial charge in [-0.15, -0.1) is 0 Å². The Kier molecular flexibility index (Phi) is 6.53. The van der Waals surface area contributed by atoms with E-state index in [9.17, 15) is 4.79 Å². The lowest BCUT2D eigenvalue weighted by Gasteiger charge is -2.35. The molecular formula is C25H34N2O3. The third-order valence-electron chi connectivity index (χ3n) is 5.33. The van der Waals surface area contributed by atoms with Crippen LogP contribution >= 0.6 is 0 Å². The molecule has 2 aromatic carbocycles. The molecule has 0 saturated carbocycles. The van der Waals surface area contributed by atoms with Crippen LogP contribution in [-0.2, 0) is 22.3 Å². The molecule has 1 saturated heterocycles. The number of benzene rings is 2. The van der Waals surface area contributed by atoms with E-state index in [-0.39, 0.29) is 24.3 Å². The number of nitrogens with two attached hydrogens (primary N) is 1. The van der Waals surface area contributed by atoms with E-state index in [1.54, 1.807) is 4.90 Å². The van der Waals surface area contributed by atoms with Crippen LogP contribution in [0.3, 0.4) is 0 Å². The topological polar surface area (TPSA) is 64.8 Å². The summed E-state index contributed by atoms with van der Waals surface area (Å²) in [5.41, 5.74) is 7.54. The molecule has 0 unspecified atom stereocenters. The van der Waals surface area contributed by atoms with Crippen LogP contribution in [-0.4, -0.2) is 40.5 Å². The molecule has 0 spiro atoms. The van der Waals surface area contributed by atoms with Crippen LogP contribution in [0, 0.1) is 0 Å². The van der Waals surface area contributed by atoms with Gasteiger partial charge in [-0.1, -0.05) is 60.7 Å². The average Bonchev–Trinajstić information content (AvgIpc) is 2.92. The zero-order valence-electron chi connectivity index (χ0n) is 18.7. The van der Waals surface area contributed by atoms with Gasteiger partial charge in [-0.05, 0) is 58.6 Å². The van der Waals surface area contributed by atoms with Gasteiger partial charge in [0, 0.05) is 6.04 Å². The molecule has 162 valence electrons. The van der Waals surface area contributed by atoms with E-state index in [0.717, 1.165) is 11.1 Å². The first-order chi connectivity index (χ1) is 14.1. The molecule has 1 amide bonds. The van der Waals surface area contributed by atoms with Crippen molar-refractivity contribution in [1.82, 2.24) is 4.90 Å². The Hall–Kier alpha value is -2.37. The summed E-state index contributed by atoms with van der Waals surface area (Å²) in [5, 5.41) is 0. The number of hydrogen-bond donors (Lipinski definition) is 1. The largest absolute Gasteiger partial charge is 0.444 e. The van der Waals surface area contributed by atoms with Gasteiger partial charge in [-0.3, -0.25) is 4.90 Å². The molecule has 2 N–H and O–H groups in total. The van der Waals surface area contributed by atoms with E-state index in [2.05, 4.69) is 24.3 Å². The second-order valence-corrected chi connectivity index (χ2v) is 9.49. The van der Waals surface area contributed by atoms with Gasteiger partial charge in [0.05, 0.1) is 12.1 Å². The second kappa shape index (κ2) is 8.78. The second-order valence-electron chi connectivity index (χ2n) is 9.49. The first-order valence-corrected chi connectivity index (χ1v) is 10.6. The summed E-state index contributed by atoms with van der Waals surface area (Å²) in [6.45, 7) is 9.44. The van der Waals surface area contributed by atoms with Gasteiger partial charge < -0.3 is 15.2 Å². The number of rotatable bonds is 5. The average molecular weight is 411 g/mol. The quantitative estimate of drug-likeness (QED) is 0.786. The number of carbonyl (C=O) groups is 1. The molecule has 0 radical (unpaired) electrons. The molecule has 1 aliphatic rings. The lowest BCUT2D eigenvalue weighted by Crippen LogP contribution is -2.52. The zero-order valence-corrected chi connectivity index (χ0v) is 18.7. The Balaban J connectivity index is 1.90. The third-order valence-corrected chi connectivity index (χ3v) is 5.33. The van der Waals surface area contributed by atoms with Crippen LogP contribution in [0.4, 0.5) is 4.79 Å². The summed E-state index contributed by atoms with van der Waals surface area (Å²) in [7, 11) is 0. The molecule has 0 aliphatic carbocycles. The summed E-state index contributed by atoms with van der Waals surface area (Å²) in [4.78, 5) is 14.9. The number of amides is 1. The summed E-state index contributed by atoms with van der Waals surface area (Å²) in [6.07, 6.45) is 0.641. The molecule has 0 bridgehead atoms. The highest BCUT2D eigenvalue weighted by Crippen LogP contribution is 2.37. The summed E-state index contributed by atoms with van der Waals surface area (Å²) in [5.74, 6) is 0. The lowest BCUT2D eigenvalue weighted by atomic mass is 9.93. The van der Waals surface area contributed by atoms with E-state index < -0.39 is 11.3 Å². The standard InChI is InChI=1S/C25H34N2O3/c1-24(2,3)30-23(28)27-21(17-19-14-10-7-11-15-19)22(29-25(27,4)5)20(26)16-18-12-8-6-9-13-18/h6-15,20-22H,16-17,26H2,1-5H3/t20-,21+,22+/m0/s1. The maximum absolute atomic E-state index is 13.2. The van der Waals surface area contributed by atoms with E-state index >= 15 is 0 Å². The van der Waals surface area contributed by atoms with E-state index in [1.807, 2.05) is 71.0 Å². The Labute approximate surface area is 180 Å². The molecule has 2 aromatic rings. The fourth-order valence-electron chi connectivity index (χ4n) is 4.12. The predicted octanol–water partition coefficient (Wildman–Crippen LogP) is 4.54. The van der Waals surface area contributed by atoms with Crippen LogP contribution in [0.2, 0.25) is 0 Å². The fourth-order valence-corrected chi connectivity index (χ4v) is 4.12. The molecule has 1 fully saturated rings. The first-order valence-electron chi connectivity index (χ1n) is 10.6. The molecule has 3 rings (SSSR count). The molecule has 5 heteroatoms. The smallest absolute Gasteiger partial charge is 0.412 e. The SMILES string of the molecule is CC(C)(C)OC(=O)N1[C@H](Cc2ccccc2)[C@@H]([C@@H](N)Cc2ccccc2)OC1(C)C. The van der Waals surface area contributed by atoms with Gasteiger partial charge in [-0.2, -0.15) is 0 Å². The Morgan fingerprint density at radius 3 is 2.13 bits per heavy atom. The van der Waals surface area contributed by atoms with Crippen LogP contribution in [0.15, 0.2) is 60.7 Å². The summed E-state index contributed by atoms with van der Waals surface area (Å²) < 4.78 is 12.2. The number of nitrogens with zero attached hydrogens (tertiary/aromatic N) is 1. The van der Waals surface area contributed by atoms with Crippen molar-refractivity contribution < 1.29 is 14.3 Å². The van der Waals surface area contributed by atoms with Crippen LogP contribution in [0.1, 0.15) is 45.7 Å². The van der Waals surface area contributed by atoms with Crippen LogP contribution in [0.25, 0.3) is 0 Å². The molecule has 30 heavy (non-hydrogen) atoms. The van der Waals surface area contributed by atoms with E-state index in [1.165, 1.54) is 0 Å². The van der Waals surface area contributed by atoms with Crippen LogP contribution < -0.4 is 5.73 Å². The minimum Gasteiger partial charge on any atom is -0.444 e. The molecule has 0 aromatic heterocycles. The van der Waals surface area contributed by atoms with Crippen molar-refractivity contribution in [3.63, 3.8) is 0 Å². The molecule has 3 atom stereocenters. The summed E-state index contributed by atoms with van der Waals surface area (Å²) >= 11 is 0. The molecule has 5 nitrogen and oxygen atoms in total. The minimum atomic E-state index is -0.819. The summed E-state index contributed by atoms with van der Waals surface area (Å²) in [6, 6.07) is 19.8. The minimum absolute atomic E-state index is 0.226. The molecule has 1 heterocycles. The van der Waals surface area contributed by atoms with Crippen molar-refractivity contribution in [3.8, 4) is 0 Å². The van der Waals surface area contributed by atoms with Gasteiger partial charge in [0.15, 0.2) is 0 Å². The molecular weight excluding hydrogens is 376 g/mol. The highest BCUT2D eigenvalue weighted by atomic mass is 16.6. The first kappa shape index (κ1) is 22.3. The van der Waals surface area contributed by atoms with Crippen molar-refractivity contribution in [2.75, 3.05) is 0 Å². The van der Waals surface area contributed by atoms with Crippen molar-refractivity contribution in [2.45, 2.75) is 77.0 Å². The zero-order chi connectivity index (χ0) is 21.9. The lowest BCUT2D eigenvalue weighted by molar-refractivity contribution is -0.0825. The highest BCUT2D eigenvalue weighted by Gasteiger charge is 2.52. The van der Waals surface area contributed by atoms with Crippen molar-refractivity contribution in [1.29, 1.82) is 0 Å². The Morgan fingerprint density at radius 1 is 1.07 bits per heavy atom. The van der Waals surface area contributed by atoms with Crippen molar-refractivity contribution in [3.05, 3.63) is 71.8 Å². The van der Waals surface area contributed by atoms with E-state index in [0.29, 0.717) is 12.8 Å². The van der Waals surface area contributed by atoms with Crippen molar-refractivity contribution >= 4 is 6.09 Å². The van der Waals surface area contributed by atoms with Gasteiger partial charge in [-0.25, -0.2) is 4.79 Å². The number of ether oxygens (including phenoxy) is 2. The normalized spacial score (nSPS) is 22.0. The number of carbonyl (C=O) groups excluding carboxylic acids is 1. The van der Waals surface area contributed by atoms with Gasteiger partial charge in [0.1, 0.15) is 11.3 Å². The Morgan fingerprint density at radius 2 is 1.60 bits per heavy atom. The maximum Gasteiger partial charge on any atom is 0.412 e. The molecule has 1 aliphatic heterocycles. The van der Waals surface area contributed by atoms with Gasteiger partial charge in [0.25, 0.3) is 0 Å². The van der Waals surface area contributed by atoms with Crippen molar-refractivity contribution in [2.24, 2.45) is 5.73 Å². The van der Waals surface area contributed by atoms with Gasteiger partial charge >= 0.3 is 6.09 Å². The maximum atomic E-state index is 13.2. The highest BCUT2D eigenvalue weighted by molar-refractivity contribution is 5.70. The van der Waals surface area contributed by atoms with Crippen LogP contribution in [0.5, 0.6) is 0 Å². The number of hydrogen-bond acceptors (Lipinski definition) is 4. The van der Waals surface area contributed by atoms with E-state index in [4.69, 9.17) is 15.2 Å². The monoisotopic (exact) mass is 410 g/mol.